The van der Waals surface area contributed by atoms with Gasteiger partial charge in [-0.1, -0.05) is 18.2 Å². The standard InChI is InChI=1S/C21H21F3N6O4/c1-11-15(12(2)30-19(25-11)28-18(29-30)21(22,23)24)9-10-16(31)34-13(3)17(32)27-20(33)26-14-7-5-4-6-8-14/h4-8,13H,9-10H2,1-3H3,(H2,26,27,32,33). The second-order valence-corrected chi connectivity index (χ2v) is 7.35. The van der Waals surface area contributed by atoms with Gasteiger partial charge in [-0.3, -0.25) is 14.9 Å². The van der Waals surface area contributed by atoms with Gasteiger partial charge in [0.15, 0.2) is 6.10 Å². The van der Waals surface area contributed by atoms with Crippen molar-refractivity contribution in [3.05, 3.63) is 53.1 Å². The number of para-hydroxylation sites is 1. The number of nitrogens with one attached hydrogen (secondary N) is 2. The molecular weight excluding hydrogens is 457 g/mol. The number of hydrogen-bond donors (Lipinski definition) is 2. The van der Waals surface area contributed by atoms with Crippen molar-refractivity contribution < 1.29 is 32.3 Å². The third kappa shape index (κ3) is 5.85. The average Bonchev–Trinajstić information content (AvgIpc) is 3.19. The van der Waals surface area contributed by atoms with E-state index in [1.165, 1.54) is 6.92 Å². The molecule has 1 atom stereocenters. The topological polar surface area (TPSA) is 128 Å². The summed E-state index contributed by atoms with van der Waals surface area (Å²) in [6, 6.07) is 7.65. The quantitative estimate of drug-likeness (QED) is 0.522. The van der Waals surface area contributed by atoms with E-state index >= 15 is 0 Å². The van der Waals surface area contributed by atoms with Crippen molar-refractivity contribution in [2.75, 3.05) is 5.32 Å². The lowest BCUT2D eigenvalue weighted by molar-refractivity contribution is -0.154. The van der Waals surface area contributed by atoms with Crippen molar-refractivity contribution in [3.8, 4) is 0 Å². The predicted octanol–water partition coefficient (Wildman–Crippen LogP) is 2.97. The maximum absolute atomic E-state index is 12.9. The Morgan fingerprint density at radius 2 is 1.79 bits per heavy atom. The molecule has 2 heterocycles. The van der Waals surface area contributed by atoms with Crippen LogP contribution in [-0.4, -0.2) is 43.6 Å². The van der Waals surface area contributed by atoms with E-state index in [9.17, 15) is 27.6 Å². The maximum Gasteiger partial charge on any atom is 0.453 e. The third-order valence-corrected chi connectivity index (χ3v) is 4.83. The van der Waals surface area contributed by atoms with E-state index in [-0.39, 0.29) is 18.6 Å². The van der Waals surface area contributed by atoms with Crippen LogP contribution in [0.4, 0.5) is 23.7 Å². The van der Waals surface area contributed by atoms with Gasteiger partial charge in [0.05, 0.1) is 0 Å². The van der Waals surface area contributed by atoms with Crippen LogP contribution in [0.1, 0.15) is 36.1 Å². The smallest absolute Gasteiger partial charge is 0.453 e. The molecule has 0 fully saturated rings. The fourth-order valence-corrected chi connectivity index (χ4v) is 3.12. The monoisotopic (exact) mass is 478 g/mol. The van der Waals surface area contributed by atoms with Crippen molar-refractivity contribution in [2.45, 2.75) is 45.9 Å². The number of aromatic nitrogens is 4. The molecule has 2 N–H and O–H groups in total. The van der Waals surface area contributed by atoms with E-state index in [1.807, 2.05) is 0 Å². The number of ether oxygens (including phenoxy) is 1. The lowest BCUT2D eigenvalue weighted by atomic mass is 10.1. The summed E-state index contributed by atoms with van der Waals surface area (Å²) >= 11 is 0. The molecular formula is C21H21F3N6O4. The minimum absolute atomic E-state index is 0.0868. The first kappa shape index (κ1) is 24.6. The molecule has 0 aliphatic heterocycles. The second-order valence-electron chi connectivity index (χ2n) is 7.35. The summed E-state index contributed by atoms with van der Waals surface area (Å²) in [7, 11) is 0. The SMILES string of the molecule is Cc1nc2nc(C(F)(F)F)nn2c(C)c1CCC(=O)OC(C)C(=O)NC(=O)Nc1ccccc1. The van der Waals surface area contributed by atoms with Crippen molar-refractivity contribution in [3.63, 3.8) is 0 Å². The van der Waals surface area contributed by atoms with E-state index in [2.05, 4.69) is 25.7 Å². The summed E-state index contributed by atoms with van der Waals surface area (Å²) in [6.07, 6.45) is -6.05. The van der Waals surface area contributed by atoms with Gasteiger partial charge in [-0.05, 0) is 44.9 Å². The number of anilines is 1. The molecule has 0 radical (unpaired) electrons. The van der Waals surface area contributed by atoms with Crippen LogP contribution in [0.5, 0.6) is 0 Å². The van der Waals surface area contributed by atoms with Crippen LogP contribution >= 0.6 is 0 Å². The molecule has 34 heavy (non-hydrogen) atoms. The van der Waals surface area contributed by atoms with Gasteiger partial charge in [0.1, 0.15) is 0 Å². The Labute approximate surface area is 191 Å². The predicted molar refractivity (Wildman–Crippen MR) is 113 cm³/mol. The number of nitrogens with zero attached hydrogens (tertiary/aromatic N) is 4. The summed E-state index contributed by atoms with van der Waals surface area (Å²) in [4.78, 5) is 43.7. The highest BCUT2D eigenvalue weighted by molar-refractivity contribution is 6.02. The molecule has 0 bridgehead atoms. The van der Waals surface area contributed by atoms with Gasteiger partial charge in [-0.25, -0.2) is 14.3 Å². The van der Waals surface area contributed by atoms with E-state index < -0.39 is 36.0 Å². The van der Waals surface area contributed by atoms with Crippen LogP contribution < -0.4 is 10.6 Å². The molecule has 2 aromatic heterocycles. The zero-order valence-corrected chi connectivity index (χ0v) is 18.4. The van der Waals surface area contributed by atoms with Crippen LogP contribution in [0.15, 0.2) is 30.3 Å². The lowest BCUT2D eigenvalue weighted by Gasteiger charge is -2.14. The van der Waals surface area contributed by atoms with Crippen molar-refractivity contribution in [1.29, 1.82) is 0 Å². The molecule has 10 nitrogen and oxygen atoms in total. The van der Waals surface area contributed by atoms with Gasteiger partial charge in [-0.15, -0.1) is 5.10 Å². The first-order chi connectivity index (χ1) is 16.0. The normalized spacial score (nSPS) is 12.3. The number of fused-ring (bicyclic) bond motifs is 1. The summed E-state index contributed by atoms with van der Waals surface area (Å²) in [5.74, 6) is -3.07. The molecule has 3 aromatic rings. The zero-order valence-electron chi connectivity index (χ0n) is 18.4. The number of aryl methyl sites for hydroxylation is 2. The third-order valence-electron chi connectivity index (χ3n) is 4.83. The van der Waals surface area contributed by atoms with Gasteiger partial charge >= 0.3 is 18.2 Å². The fourth-order valence-electron chi connectivity index (χ4n) is 3.12. The Morgan fingerprint density at radius 3 is 2.44 bits per heavy atom. The zero-order chi connectivity index (χ0) is 25.0. The lowest BCUT2D eigenvalue weighted by Crippen LogP contribution is -2.41. The number of esters is 1. The van der Waals surface area contributed by atoms with Crippen LogP contribution in [0, 0.1) is 13.8 Å². The van der Waals surface area contributed by atoms with E-state index in [0.717, 1.165) is 4.52 Å². The number of alkyl halides is 3. The molecule has 0 saturated carbocycles. The number of amides is 3. The van der Waals surface area contributed by atoms with Gasteiger partial charge in [0, 0.05) is 23.5 Å². The molecule has 1 aromatic carbocycles. The number of carbonyl (C=O) groups excluding carboxylic acids is 3. The Morgan fingerprint density at radius 1 is 1.12 bits per heavy atom. The number of urea groups is 1. The molecule has 3 rings (SSSR count). The number of halogens is 3. The highest BCUT2D eigenvalue weighted by atomic mass is 19.4. The molecule has 0 aliphatic carbocycles. The van der Waals surface area contributed by atoms with Crippen LogP contribution in [0.25, 0.3) is 5.78 Å². The van der Waals surface area contributed by atoms with Crippen molar-refractivity contribution >= 4 is 29.4 Å². The highest BCUT2D eigenvalue weighted by Crippen LogP contribution is 2.27. The molecule has 1 unspecified atom stereocenters. The van der Waals surface area contributed by atoms with E-state index in [1.54, 1.807) is 44.2 Å². The molecule has 180 valence electrons. The summed E-state index contributed by atoms with van der Waals surface area (Å²) < 4.78 is 44.7. The van der Waals surface area contributed by atoms with Crippen molar-refractivity contribution in [2.24, 2.45) is 0 Å². The number of carbonyl (C=O) groups is 3. The van der Waals surface area contributed by atoms with E-state index in [0.29, 0.717) is 22.6 Å². The Bertz CT molecular complexity index is 1230. The molecule has 0 spiro atoms. The van der Waals surface area contributed by atoms with Crippen LogP contribution in [0.3, 0.4) is 0 Å². The molecule has 3 amide bonds. The first-order valence-electron chi connectivity index (χ1n) is 10.1. The maximum atomic E-state index is 12.9. The first-order valence-corrected chi connectivity index (χ1v) is 10.1. The Balaban J connectivity index is 1.57. The van der Waals surface area contributed by atoms with E-state index in [4.69, 9.17) is 4.74 Å². The summed E-state index contributed by atoms with van der Waals surface area (Å²) in [5, 5.41) is 7.99. The second kappa shape index (κ2) is 9.85. The van der Waals surface area contributed by atoms with Gasteiger partial charge < -0.3 is 10.1 Å². The molecule has 0 aliphatic rings. The minimum atomic E-state index is -4.72. The Hall–Kier alpha value is -4.03. The summed E-state index contributed by atoms with van der Waals surface area (Å²) in [6.45, 7) is 4.43. The van der Waals surface area contributed by atoms with Gasteiger partial charge in [0.2, 0.25) is 0 Å². The highest BCUT2D eigenvalue weighted by Gasteiger charge is 2.37. The van der Waals surface area contributed by atoms with Crippen LogP contribution in [0.2, 0.25) is 0 Å². The fraction of sp³-hybridized carbons (Fsp3) is 0.333. The number of hydrogen-bond acceptors (Lipinski definition) is 7. The molecule has 13 heteroatoms. The van der Waals surface area contributed by atoms with Crippen molar-refractivity contribution in [1.82, 2.24) is 24.9 Å². The van der Waals surface area contributed by atoms with Crippen LogP contribution in [-0.2, 0) is 26.9 Å². The molecule has 0 saturated heterocycles. The number of imide groups is 1. The van der Waals surface area contributed by atoms with Gasteiger partial charge in [0.25, 0.3) is 17.5 Å². The minimum Gasteiger partial charge on any atom is -0.453 e. The number of rotatable bonds is 6. The Kier molecular flexibility index (Phi) is 7.13. The average molecular weight is 478 g/mol. The summed E-state index contributed by atoms with van der Waals surface area (Å²) in [5.41, 5.74) is 1.72. The largest absolute Gasteiger partial charge is 0.453 e. The number of benzene rings is 1. The van der Waals surface area contributed by atoms with Gasteiger partial charge in [-0.2, -0.15) is 18.2 Å².